The van der Waals surface area contributed by atoms with Crippen LogP contribution in [0.25, 0.3) is 5.76 Å². The molecule has 1 atom stereocenters. The van der Waals surface area contributed by atoms with Gasteiger partial charge in [0.05, 0.1) is 11.6 Å². The molecule has 1 saturated heterocycles. The molecule has 0 aliphatic carbocycles. The molecule has 1 amide bonds. The van der Waals surface area contributed by atoms with Crippen molar-refractivity contribution in [1.82, 2.24) is 9.88 Å². The summed E-state index contributed by atoms with van der Waals surface area (Å²) in [7, 11) is 0. The highest BCUT2D eigenvalue weighted by molar-refractivity contribution is 6.46. The first-order valence-electron chi connectivity index (χ1n) is 9.35. The first kappa shape index (κ1) is 18.6. The molecular weight excluding hydrogens is 364 g/mol. The minimum Gasteiger partial charge on any atom is -0.507 e. The predicted octanol–water partition coefficient (Wildman–Crippen LogP) is 4.01. The lowest BCUT2D eigenvalue weighted by molar-refractivity contribution is -0.140. The highest BCUT2D eigenvalue weighted by Gasteiger charge is 2.45. The van der Waals surface area contributed by atoms with Crippen LogP contribution in [0.5, 0.6) is 0 Å². The highest BCUT2D eigenvalue weighted by Crippen LogP contribution is 2.40. The Morgan fingerprint density at radius 1 is 1.00 bits per heavy atom. The van der Waals surface area contributed by atoms with Gasteiger partial charge in [0.2, 0.25) is 0 Å². The number of carbonyl (C=O) groups is 2. The lowest BCUT2D eigenvalue weighted by atomic mass is 9.95. The van der Waals surface area contributed by atoms with E-state index in [0.29, 0.717) is 5.56 Å². The number of hydrogen-bond donors (Lipinski definition) is 1. The van der Waals surface area contributed by atoms with Crippen LogP contribution in [-0.2, 0) is 16.1 Å². The van der Waals surface area contributed by atoms with Gasteiger partial charge >= 0.3 is 0 Å². The lowest BCUT2D eigenvalue weighted by Crippen LogP contribution is -2.29. The first-order chi connectivity index (χ1) is 14.1. The lowest BCUT2D eigenvalue weighted by Gasteiger charge is -2.25. The van der Waals surface area contributed by atoms with Gasteiger partial charge in [-0.2, -0.15) is 0 Å². The third-order valence-corrected chi connectivity index (χ3v) is 5.06. The molecule has 4 rings (SSSR count). The summed E-state index contributed by atoms with van der Waals surface area (Å²) in [5.74, 6) is -1.47. The molecule has 1 aliphatic heterocycles. The molecule has 1 fully saturated rings. The Hall–Kier alpha value is -3.73. The Bertz CT molecular complexity index is 1070. The van der Waals surface area contributed by atoms with Crippen LogP contribution in [0.4, 0.5) is 0 Å². The number of rotatable bonds is 4. The third-order valence-electron chi connectivity index (χ3n) is 5.06. The number of nitrogens with zero attached hydrogens (tertiary/aromatic N) is 2. The van der Waals surface area contributed by atoms with Crippen molar-refractivity contribution in [3.63, 3.8) is 0 Å². The number of amides is 1. The Morgan fingerprint density at radius 2 is 1.72 bits per heavy atom. The normalized spacial score (nSPS) is 18.2. The van der Waals surface area contributed by atoms with Crippen LogP contribution in [0.2, 0.25) is 0 Å². The van der Waals surface area contributed by atoms with Crippen LogP contribution in [0.1, 0.15) is 28.3 Å². The van der Waals surface area contributed by atoms with E-state index >= 15 is 0 Å². The number of benzene rings is 2. The molecule has 5 nitrogen and oxygen atoms in total. The Morgan fingerprint density at radius 3 is 2.38 bits per heavy atom. The van der Waals surface area contributed by atoms with Gasteiger partial charge in [-0.25, -0.2) is 0 Å². The van der Waals surface area contributed by atoms with E-state index < -0.39 is 17.7 Å². The van der Waals surface area contributed by atoms with Gasteiger partial charge in [0.25, 0.3) is 11.7 Å². The Kier molecular flexibility index (Phi) is 4.96. The van der Waals surface area contributed by atoms with Crippen LogP contribution in [-0.4, -0.2) is 26.7 Å². The van der Waals surface area contributed by atoms with E-state index in [0.717, 1.165) is 16.7 Å². The van der Waals surface area contributed by atoms with Gasteiger partial charge in [-0.1, -0.05) is 66.2 Å². The van der Waals surface area contributed by atoms with Crippen molar-refractivity contribution in [1.29, 1.82) is 0 Å². The molecule has 0 saturated carbocycles. The number of pyridine rings is 1. The van der Waals surface area contributed by atoms with Crippen molar-refractivity contribution in [2.75, 3.05) is 0 Å². The second-order valence-corrected chi connectivity index (χ2v) is 7.06. The topological polar surface area (TPSA) is 70.5 Å². The number of likely N-dealkylation sites (tertiary alicyclic amines) is 1. The number of aliphatic hydroxyl groups is 1. The number of aliphatic hydroxyl groups excluding tert-OH is 1. The fourth-order valence-electron chi connectivity index (χ4n) is 3.58. The molecule has 1 N–H and O–H groups in total. The number of ketones is 1. The van der Waals surface area contributed by atoms with E-state index in [1.54, 1.807) is 30.6 Å². The zero-order valence-electron chi connectivity index (χ0n) is 15.9. The van der Waals surface area contributed by atoms with Crippen molar-refractivity contribution in [3.8, 4) is 0 Å². The molecule has 5 heteroatoms. The van der Waals surface area contributed by atoms with Crippen molar-refractivity contribution in [2.24, 2.45) is 0 Å². The van der Waals surface area contributed by atoms with Crippen molar-refractivity contribution >= 4 is 17.4 Å². The standard InChI is InChI=1S/C24H20N2O3/c1-16-9-11-19(12-10-16)22(27)20-21(18-7-3-2-4-8-18)26(24(29)23(20)28)15-17-6-5-13-25-14-17/h2-14,21,27H,15H2,1H3/b22-20+/t21-/m0/s1. The number of carbonyl (C=O) groups excluding carboxylic acids is 2. The monoisotopic (exact) mass is 384 g/mol. The molecule has 0 radical (unpaired) electrons. The maximum Gasteiger partial charge on any atom is 0.295 e. The van der Waals surface area contributed by atoms with Crippen molar-refractivity contribution in [3.05, 3.63) is 107 Å². The predicted molar refractivity (Wildman–Crippen MR) is 110 cm³/mol. The second kappa shape index (κ2) is 7.72. The molecule has 29 heavy (non-hydrogen) atoms. The van der Waals surface area contributed by atoms with Gasteiger partial charge in [0.15, 0.2) is 0 Å². The summed E-state index contributed by atoms with van der Waals surface area (Å²) in [4.78, 5) is 31.4. The summed E-state index contributed by atoms with van der Waals surface area (Å²) in [6, 6.07) is 19.5. The van der Waals surface area contributed by atoms with Crippen LogP contribution >= 0.6 is 0 Å². The van der Waals surface area contributed by atoms with Crippen LogP contribution < -0.4 is 0 Å². The number of aryl methyl sites for hydroxylation is 1. The Labute approximate surface area is 169 Å². The summed E-state index contributed by atoms with van der Waals surface area (Å²) >= 11 is 0. The van der Waals surface area contributed by atoms with E-state index in [4.69, 9.17) is 0 Å². The molecule has 1 aromatic heterocycles. The molecule has 2 heterocycles. The Balaban J connectivity index is 1.85. The summed E-state index contributed by atoms with van der Waals surface area (Å²) in [6.07, 6.45) is 3.32. The molecule has 0 spiro atoms. The molecule has 144 valence electrons. The van der Waals surface area contributed by atoms with Gasteiger partial charge in [0, 0.05) is 24.5 Å². The molecule has 3 aromatic rings. The quantitative estimate of drug-likeness (QED) is 0.419. The van der Waals surface area contributed by atoms with Crippen LogP contribution in [0, 0.1) is 6.92 Å². The summed E-state index contributed by atoms with van der Waals surface area (Å²) in [5.41, 5.74) is 3.23. The summed E-state index contributed by atoms with van der Waals surface area (Å²) < 4.78 is 0. The van der Waals surface area contributed by atoms with Gasteiger partial charge in [-0.3, -0.25) is 14.6 Å². The molecule has 1 aliphatic rings. The minimum absolute atomic E-state index is 0.106. The molecular formula is C24H20N2O3. The van der Waals surface area contributed by atoms with Gasteiger partial charge in [0.1, 0.15) is 5.76 Å². The van der Waals surface area contributed by atoms with Gasteiger partial charge in [-0.05, 0) is 24.1 Å². The van der Waals surface area contributed by atoms with E-state index in [9.17, 15) is 14.7 Å². The zero-order chi connectivity index (χ0) is 20.4. The number of Topliss-reactive ketones (excluding diaryl/α,β-unsaturated/α-hetero) is 1. The average Bonchev–Trinajstić information content (AvgIpc) is 3.00. The zero-order valence-corrected chi connectivity index (χ0v) is 15.9. The van der Waals surface area contributed by atoms with E-state index in [1.807, 2.05) is 55.5 Å². The summed E-state index contributed by atoms with van der Waals surface area (Å²) in [6.45, 7) is 2.17. The maximum absolute atomic E-state index is 12.9. The first-order valence-corrected chi connectivity index (χ1v) is 9.35. The minimum atomic E-state index is -0.680. The fraction of sp³-hybridized carbons (Fsp3) is 0.125. The van der Waals surface area contributed by atoms with Gasteiger partial charge < -0.3 is 10.0 Å². The maximum atomic E-state index is 12.9. The molecule has 0 bridgehead atoms. The molecule has 2 aromatic carbocycles. The van der Waals surface area contributed by atoms with E-state index in [2.05, 4.69) is 4.98 Å². The largest absolute Gasteiger partial charge is 0.507 e. The number of hydrogen-bond acceptors (Lipinski definition) is 4. The highest BCUT2D eigenvalue weighted by atomic mass is 16.3. The number of aromatic nitrogens is 1. The van der Waals surface area contributed by atoms with E-state index in [-0.39, 0.29) is 17.9 Å². The summed E-state index contributed by atoms with van der Waals surface area (Å²) in [5, 5.41) is 11.0. The smallest absolute Gasteiger partial charge is 0.295 e. The molecule has 0 unspecified atom stereocenters. The van der Waals surface area contributed by atoms with Crippen molar-refractivity contribution in [2.45, 2.75) is 19.5 Å². The van der Waals surface area contributed by atoms with Gasteiger partial charge in [-0.15, -0.1) is 0 Å². The third kappa shape index (κ3) is 3.55. The van der Waals surface area contributed by atoms with Crippen molar-refractivity contribution < 1.29 is 14.7 Å². The van der Waals surface area contributed by atoms with Crippen LogP contribution in [0.3, 0.4) is 0 Å². The average molecular weight is 384 g/mol. The SMILES string of the molecule is Cc1ccc(/C(O)=C2\C(=O)C(=O)N(Cc3cccnc3)[C@H]2c2ccccc2)cc1. The fourth-order valence-corrected chi connectivity index (χ4v) is 3.58. The second-order valence-electron chi connectivity index (χ2n) is 7.06. The van der Waals surface area contributed by atoms with E-state index in [1.165, 1.54) is 4.90 Å². The van der Waals surface area contributed by atoms with Crippen LogP contribution in [0.15, 0.2) is 84.7 Å².